The van der Waals surface area contributed by atoms with Crippen molar-refractivity contribution in [2.24, 2.45) is 5.92 Å². The van der Waals surface area contributed by atoms with Gasteiger partial charge < -0.3 is 9.67 Å². The molecule has 0 saturated carbocycles. The van der Waals surface area contributed by atoms with E-state index in [0.717, 1.165) is 12.1 Å². The van der Waals surface area contributed by atoms with E-state index in [0.29, 0.717) is 0 Å². The Labute approximate surface area is 102 Å². The summed E-state index contributed by atoms with van der Waals surface area (Å²) in [6.07, 6.45) is 1.29. The number of fused-ring (bicyclic) bond motifs is 1. The minimum Gasteiger partial charge on any atom is -0.480 e. The average molecular weight is 254 g/mol. The number of carboxylic acids is 1. The molecule has 0 fully saturated rings. The van der Waals surface area contributed by atoms with Crippen molar-refractivity contribution < 1.29 is 18.7 Å². The van der Waals surface area contributed by atoms with Crippen molar-refractivity contribution in [2.45, 2.75) is 19.9 Å². The zero-order valence-corrected chi connectivity index (χ0v) is 9.89. The van der Waals surface area contributed by atoms with Crippen molar-refractivity contribution >= 4 is 17.0 Å². The Morgan fingerprint density at radius 1 is 1.33 bits per heavy atom. The summed E-state index contributed by atoms with van der Waals surface area (Å²) in [5, 5.41) is 9.18. The van der Waals surface area contributed by atoms with Crippen molar-refractivity contribution in [2.75, 3.05) is 0 Å². The van der Waals surface area contributed by atoms with Crippen molar-refractivity contribution in [3.63, 3.8) is 0 Å². The number of rotatable bonds is 3. The molecule has 1 atom stereocenters. The molecule has 6 heteroatoms. The van der Waals surface area contributed by atoms with Gasteiger partial charge in [-0.1, -0.05) is 13.8 Å². The highest BCUT2D eigenvalue weighted by Crippen LogP contribution is 2.25. The summed E-state index contributed by atoms with van der Waals surface area (Å²) in [7, 11) is 0. The van der Waals surface area contributed by atoms with Gasteiger partial charge in [0.15, 0.2) is 11.6 Å². The fourth-order valence-corrected chi connectivity index (χ4v) is 1.97. The summed E-state index contributed by atoms with van der Waals surface area (Å²) in [6.45, 7) is 3.48. The average Bonchev–Trinajstić information content (AvgIpc) is 2.62. The predicted octanol–water partition coefficient (Wildman–Crippen LogP) is 2.60. The molecule has 2 rings (SSSR count). The molecule has 0 spiro atoms. The smallest absolute Gasteiger partial charge is 0.327 e. The Hall–Kier alpha value is -1.98. The highest BCUT2D eigenvalue weighted by molar-refractivity contribution is 5.80. The Morgan fingerprint density at radius 2 is 1.94 bits per heavy atom. The van der Waals surface area contributed by atoms with Crippen molar-refractivity contribution in [1.29, 1.82) is 0 Å². The molecule has 96 valence electrons. The number of imidazole rings is 1. The van der Waals surface area contributed by atoms with Crippen LogP contribution in [-0.2, 0) is 4.79 Å². The van der Waals surface area contributed by atoms with E-state index < -0.39 is 23.6 Å². The maximum Gasteiger partial charge on any atom is 0.327 e. The molecule has 0 unspecified atom stereocenters. The number of hydrogen-bond acceptors (Lipinski definition) is 2. The van der Waals surface area contributed by atoms with Crippen LogP contribution >= 0.6 is 0 Å². The molecule has 4 nitrogen and oxygen atoms in total. The van der Waals surface area contributed by atoms with E-state index in [2.05, 4.69) is 4.98 Å². The van der Waals surface area contributed by atoms with Crippen molar-refractivity contribution in [1.82, 2.24) is 9.55 Å². The van der Waals surface area contributed by atoms with Gasteiger partial charge in [0.2, 0.25) is 0 Å². The Balaban J connectivity index is 2.64. The van der Waals surface area contributed by atoms with Gasteiger partial charge >= 0.3 is 5.97 Å². The predicted molar refractivity (Wildman–Crippen MR) is 61.2 cm³/mol. The molecule has 1 N–H and O–H groups in total. The summed E-state index contributed by atoms with van der Waals surface area (Å²) in [4.78, 5) is 15.1. The lowest BCUT2D eigenvalue weighted by atomic mass is 10.0. The van der Waals surface area contributed by atoms with E-state index in [1.165, 1.54) is 10.9 Å². The molecule has 18 heavy (non-hydrogen) atoms. The zero-order chi connectivity index (χ0) is 13.4. The third kappa shape index (κ3) is 1.94. The number of carboxylic acid groups (broad SMARTS) is 1. The van der Waals surface area contributed by atoms with Gasteiger partial charge in [-0.05, 0) is 5.92 Å². The van der Waals surface area contributed by atoms with Gasteiger partial charge in [-0.15, -0.1) is 0 Å². The van der Waals surface area contributed by atoms with E-state index in [1.54, 1.807) is 13.8 Å². The lowest BCUT2D eigenvalue weighted by molar-refractivity contribution is -0.142. The highest BCUT2D eigenvalue weighted by atomic mass is 19.2. The first-order chi connectivity index (χ1) is 8.41. The summed E-state index contributed by atoms with van der Waals surface area (Å²) in [5.41, 5.74) is 0.510. The zero-order valence-electron chi connectivity index (χ0n) is 9.89. The lowest BCUT2D eigenvalue weighted by Crippen LogP contribution is -2.23. The van der Waals surface area contributed by atoms with Crippen LogP contribution in [0.3, 0.4) is 0 Å². The summed E-state index contributed by atoms with van der Waals surface area (Å²) < 4.78 is 27.6. The third-order valence-electron chi connectivity index (χ3n) is 2.80. The lowest BCUT2D eigenvalue weighted by Gasteiger charge is -2.18. The molecule has 0 aliphatic heterocycles. The quantitative estimate of drug-likeness (QED) is 0.915. The normalized spacial score (nSPS) is 13.2. The molecule has 0 radical (unpaired) electrons. The molecular formula is C12H12F2N2O2. The molecular weight excluding hydrogens is 242 g/mol. The number of nitrogens with zero attached hydrogens (tertiary/aromatic N) is 2. The van der Waals surface area contributed by atoms with E-state index in [-0.39, 0.29) is 17.0 Å². The third-order valence-corrected chi connectivity index (χ3v) is 2.80. The highest BCUT2D eigenvalue weighted by Gasteiger charge is 2.25. The minimum atomic E-state index is -1.03. The van der Waals surface area contributed by atoms with Gasteiger partial charge in [0.1, 0.15) is 6.04 Å². The number of carbonyl (C=O) groups is 1. The van der Waals surface area contributed by atoms with Gasteiger partial charge in [-0.25, -0.2) is 18.6 Å². The van der Waals surface area contributed by atoms with Crippen LogP contribution in [0.25, 0.3) is 11.0 Å². The van der Waals surface area contributed by atoms with Gasteiger partial charge in [0.25, 0.3) is 0 Å². The minimum absolute atomic E-state index is 0.201. The number of aromatic nitrogens is 2. The van der Waals surface area contributed by atoms with Crippen LogP contribution in [0.5, 0.6) is 0 Å². The Kier molecular flexibility index (Phi) is 3.02. The molecule has 1 aromatic carbocycles. The number of hydrogen-bond donors (Lipinski definition) is 1. The fourth-order valence-electron chi connectivity index (χ4n) is 1.97. The second-order valence-electron chi connectivity index (χ2n) is 4.43. The number of benzene rings is 1. The maximum atomic E-state index is 13.2. The summed E-state index contributed by atoms with van der Waals surface area (Å²) >= 11 is 0. The molecule has 1 heterocycles. The topological polar surface area (TPSA) is 55.1 Å². The Bertz CT molecular complexity index is 607. The molecule has 0 aliphatic rings. The van der Waals surface area contributed by atoms with E-state index in [1.807, 2.05) is 0 Å². The van der Waals surface area contributed by atoms with E-state index in [4.69, 9.17) is 0 Å². The van der Waals surface area contributed by atoms with Crippen LogP contribution in [0.2, 0.25) is 0 Å². The molecule has 1 aromatic heterocycles. The molecule has 0 bridgehead atoms. The van der Waals surface area contributed by atoms with Gasteiger partial charge in [-0.2, -0.15) is 0 Å². The largest absolute Gasteiger partial charge is 0.480 e. The standard InChI is InChI=1S/C12H12F2N2O2/c1-6(2)11(12(17)18)16-5-15-9-3-7(13)8(14)4-10(9)16/h3-6,11H,1-2H3,(H,17,18)/t11-/m0/s1. The van der Waals surface area contributed by atoms with Gasteiger partial charge in [0.05, 0.1) is 17.4 Å². The second-order valence-corrected chi connectivity index (χ2v) is 4.43. The second kappa shape index (κ2) is 4.36. The Morgan fingerprint density at radius 3 is 2.50 bits per heavy atom. The van der Waals surface area contributed by atoms with Gasteiger partial charge in [-0.3, -0.25) is 0 Å². The van der Waals surface area contributed by atoms with Crippen LogP contribution in [-0.4, -0.2) is 20.6 Å². The molecule has 2 aromatic rings. The first-order valence-corrected chi connectivity index (χ1v) is 5.46. The number of halogens is 2. The number of aliphatic carboxylic acids is 1. The van der Waals surface area contributed by atoms with Crippen molar-refractivity contribution in [3.8, 4) is 0 Å². The molecule has 0 saturated heterocycles. The van der Waals surface area contributed by atoms with Crippen LogP contribution in [0.1, 0.15) is 19.9 Å². The van der Waals surface area contributed by atoms with Crippen molar-refractivity contribution in [3.05, 3.63) is 30.1 Å². The monoisotopic (exact) mass is 254 g/mol. The first kappa shape index (κ1) is 12.5. The van der Waals surface area contributed by atoms with Gasteiger partial charge in [0, 0.05) is 12.1 Å². The maximum absolute atomic E-state index is 13.2. The van der Waals surface area contributed by atoms with E-state index >= 15 is 0 Å². The summed E-state index contributed by atoms with van der Waals surface area (Å²) in [5.74, 6) is -3.25. The first-order valence-electron chi connectivity index (χ1n) is 5.46. The van der Waals surface area contributed by atoms with Crippen LogP contribution in [0, 0.1) is 17.6 Å². The van der Waals surface area contributed by atoms with Crippen LogP contribution in [0.15, 0.2) is 18.5 Å². The van der Waals surface area contributed by atoms with E-state index in [9.17, 15) is 18.7 Å². The molecule has 0 aliphatic carbocycles. The van der Waals surface area contributed by atoms with Crippen LogP contribution < -0.4 is 0 Å². The summed E-state index contributed by atoms with van der Waals surface area (Å²) in [6, 6.07) is 1.07. The SMILES string of the molecule is CC(C)[C@@H](C(=O)O)n1cnc2cc(F)c(F)cc21. The van der Waals surface area contributed by atoms with Crippen LogP contribution in [0.4, 0.5) is 8.78 Å². The fraction of sp³-hybridized carbons (Fsp3) is 0.333. The molecule has 0 amide bonds.